The van der Waals surface area contributed by atoms with E-state index in [2.05, 4.69) is 20.8 Å². The Morgan fingerprint density at radius 1 is 1.31 bits per heavy atom. The van der Waals surface area contributed by atoms with Crippen molar-refractivity contribution in [1.82, 2.24) is 0 Å². The molecule has 96 valence electrons. The van der Waals surface area contributed by atoms with Gasteiger partial charge in [0.15, 0.2) is 0 Å². The third-order valence-electron chi connectivity index (χ3n) is 2.51. The lowest BCUT2D eigenvalue weighted by molar-refractivity contribution is -0.256. The van der Waals surface area contributed by atoms with E-state index in [9.17, 15) is 9.90 Å². The molecule has 0 radical (unpaired) electrons. The van der Waals surface area contributed by atoms with E-state index in [1.165, 1.54) is 14.2 Å². The SMILES string of the molecule is COC(OC)(C(=O)O)C(O)C[SiH2]C(C)(C)C. The lowest BCUT2D eigenvalue weighted by Gasteiger charge is -2.32. The molecule has 2 N–H and O–H groups in total. The van der Waals surface area contributed by atoms with Crippen LogP contribution in [0.3, 0.4) is 0 Å². The van der Waals surface area contributed by atoms with Crippen LogP contribution in [0.1, 0.15) is 20.8 Å². The zero-order valence-corrected chi connectivity index (χ0v) is 12.0. The molecule has 0 aliphatic carbocycles. The maximum Gasteiger partial charge on any atom is 0.367 e. The van der Waals surface area contributed by atoms with Crippen molar-refractivity contribution in [3.05, 3.63) is 0 Å². The molecule has 0 saturated heterocycles. The first-order valence-corrected chi connectivity index (χ1v) is 6.92. The predicted octanol–water partition coefficient (Wildman–Crippen LogP) is 0.226. The first kappa shape index (κ1) is 15.6. The number of aliphatic carboxylic acids is 1. The Balaban J connectivity index is 4.64. The summed E-state index contributed by atoms with van der Waals surface area (Å²) < 4.78 is 9.65. The molecule has 1 unspecified atom stereocenters. The standard InChI is InChI=1S/C10H22O5Si/c1-9(2,3)16-6-7(11)10(14-4,15-5)8(12)13/h7,11H,6,16H2,1-5H3,(H,12,13). The number of ether oxygens (including phenoxy) is 2. The summed E-state index contributed by atoms with van der Waals surface area (Å²) in [6, 6.07) is 0.442. The molecule has 1 atom stereocenters. The highest BCUT2D eigenvalue weighted by Crippen LogP contribution is 2.26. The molecule has 0 fully saturated rings. The zero-order valence-electron chi connectivity index (χ0n) is 10.6. The van der Waals surface area contributed by atoms with E-state index < -0.39 is 27.4 Å². The average molecular weight is 250 g/mol. The van der Waals surface area contributed by atoms with Crippen LogP contribution in [-0.4, -0.2) is 51.8 Å². The van der Waals surface area contributed by atoms with Crippen LogP contribution in [-0.2, 0) is 14.3 Å². The van der Waals surface area contributed by atoms with Gasteiger partial charge in [-0.3, -0.25) is 0 Å². The number of aliphatic hydroxyl groups excluding tert-OH is 1. The van der Waals surface area contributed by atoms with Gasteiger partial charge >= 0.3 is 5.97 Å². The number of aliphatic hydroxyl groups is 1. The van der Waals surface area contributed by atoms with Crippen LogP contribution in [0, 0.1) is 0 Å². The maximum atomic E-state index is 11.1. The molecule has 6 heteroatoms. The summed E-state index contributed by atoms with van der Waals surface area (Å²) >= 11 is 0. The molecule has 0 aliphatic heterocycles. The van der Waals surface area contributed by atoms with Crippen LogP contribution in [0.5, 0.6) is 0 Å². The van der Waals surface area contributed by atoms with Crippen molar-refractivity contribution in [3.63, 3.8) is 0 Å². The van der Waals surface area contributed by atoms with E-state index in [1.54, 1.807) is 0 Å². The van der Waals surface area contributed by atoms with Crippen LogP contribution >= 0.6 is 0 Å². The highest BCUT2D eigenvalue weighted by molar-refractivity contribution is 6.39. The topological polar surface area (TPSA) is 76.0 Å². The minimum Gasteiger partial charge on any atom is -0.477 e. The van der Waals surface area contributed by atoms with Gasteiger partial charge in [-0.25, -0.2) is 4.79 Å². The van der Waals surface area contributed by atoms with Crippen LogP contribution in [0.15, 0.2) is 0 Å². The second-order valence-electron chi connectivity index (χ2n) is 5.00. The van der Waals surface area contributed by atoms with Crippen molar-refractivity contribution in [2.45, 2.75) is 43.7 Å². The molecule has 0 rings (SSSR count). The second kappa shape index (κ2) is 5.76. The third kappa shape index (κ3) is 3.86. The van der Waals surface area contributed by atoms with Gasteiger partial charge in [-0.05, 0) is 11.1 Å². The highest BCUT2D eigenvalue weighted by atomic mass is 28.2. The number of hydrogen-bond acceptors (Lipinski definition) is 4. The van der Waals surface area contributed by atoms with Gasteiger partial charge in [0.1, 0.15) is 6.10 Å². The molecule has 16 heavy (non-hydrogen) atoms. The van der Waals surface area contributed by atoms with Gasteiger partial charge in [-0.2, -0.15) is 0 Å². The van der Waals surface area contributed by atoms with Crippen molar-refractivity contribution in [1.29, 1.82) is 0 Å². The van der Waals surface area contributed by atoms with Crippen LogP contribution < -0.4 is 0 Å². The second-order valence-corrected chi connectivity index (χ2v) is 8.19. The monoisotopic (exact) mass is 250 g/mol. The summed E-state index contributed by atoms with van der Waals surface area (Å²) in [6.07, 6.45) is -1.13. The van der Waals surface area contributed by atoms with E-state index in [4.69, 9.17) is 14.6 Å². The fraction of sp³-hybridized carbons (Fsp3) is 0.900. The lowest BCUT2D eigenvalue weighted by atomic mass is 10.1. The Morgan fingerprint density at radius 3 is 2.00 bits per heavy atom. The van der Waals surface area contributed by atoms with Gasteiger partial charge < -0.3 is 19.7 Å². The predicted molar refractivity (Wildman–Crippen MR) is 63.5 cm³/mol. The minimum absolute atomic E-state index is 0.159. The van der Waals surface area contributed by atoms with Gasteiger partial charge in [0.05, 0.1) is 0 Å². The molecule has 0 aromatic heterocycles. The van der Waals surface area contributed by atoms with Crippen molar-refractivity contribution in [2.75, 3.05) is 14.2 Å². The quantitative estimate of drug-likeness (QED) is 0.521. The molecule has 0 aliphatic rings. The molecule has 0 aromatic carbocycles. The van der Waals surface area contributed by atoms with Gasteiger partial charge in [0.2, 0.25) is 0 Å². The largest absolute Gasteiger partial charge is 0.477 e. The number of rotatable bonds is 6. The number of methoxy groups -OCH3 is 2. The lowest BCUT2D eigenvalue weighted by Crippen LogP contribution is -2.53. The number of carboxylic acids is 1. The molecule has 5 nitrogen and oxygen atoms in total. The zero-order chi connectivity index (χ0) is 13.0. The molecular weight excluding hydrogens is 228 g/mol. The number of carbonyl (C=O) groups is 1. The molecule has 0 bridgehead atoms. The molecule has 0 aromatic rings. The first-order valence-electron chi connectivity index (χ1n) is 5.21. The third-order valence-corrected chi connectivity index (χ3v) is 4.85. The summed E-state index contributed by atoms with van der Waals surface area (Å²) in [4.78, 5) is 11.1. The van der Waals surface area contributed by atoms with E-state index >= 15 is 0 Å². The molecule has 0 spiro atoms. The van der Waals surface area contributed by atoms with Gasteiger partial charge in [-0.1, -0.05) is 20.8 Å². The van der Waals surface area contributed by atoms with Crippen molar-refractivity contribution in [3.8, 4) is 0 Å². The Bertz CT molecular complexity index is 232. The van der Waals surface area contributed by atoms with E-state index in [0.29, 0.717) is 6.04 Å². The Kier molecular flexibility index (Phi) is 5.61. The minimum atomic E-state index is -1.93. The van der Waals surface area contributed by atoms with Crippen molar-refractivity contribution < 1.29 is 24.5 Å². The maximum absolute atomic E-state index is 11.1. The normalized spacial score (nSPS) is 15.6. The fourth-order valence-corrected chi connectivity index (χ4v) is 2.95. The van der Waals surface area contributed by atoms with Gasteiger partial charge in [-0.15, -0.1) is 0 Å². The summed E-state index contributed by atoms with van der Waals surface area (Å²) in [5.74, 6) is -3.23. The summed E-state index contributed by atoms with van der Waals surface area (Å²) in [5, 5.41) is 19.1. The number of hydrogen-bond donors (Lipinski definition) is 2. The van der Waals surface area contributed by atoms with Crippen LogP contribution in [0.2, 0.25) is 11.1 Å². The van der Waals surface area contributed by atoms with E-state index in [0.717, 1.165) is 0 Å². The Hall–Kier alpha value is -0.433. The number of carboxylic acid groups (broad SMARTS) is 1. The fourth-order valence-electron chi connectivity index (χ4n) is 1.43. The summed E-state index contributed by atoms with van der Waals surface area (Å²) in [6.45, 7) is 6.23. The van der Waals surface area contributed by atoms with E-state index in [1.807, 2.05) is 0 Å². The Morgan fingerprint density at radius 2 is 1.75 bits per heavy atom. The van der Waals surface area contributed by atoms with Crippen LogP contribution in [0.25, 0.3) is 0 Å². The van der Waals surface area contributed by atoms with E-state index in [-0.39, 0.29) is 5.04 Å². The molecule has 0 heterocycles. The van der Waals surface area contributed by atoms with Crippen molar-refractivity contribution >= 4 is 15.5 Å². The summed E-state index contributed by atoms with van der Waals surface area (Å²) in [5.41, 5.74) is 0. The molecule has 0 amide bonds. The first-order chi connectivity index (χ1) is 7.19. The molecule has 0 saturated carbocycles. The highest BCUT2D eigenvalue weighted by Gasteiger charge is 2.46. The van der Waals surface area contributed by atoms with Crippen molar-refractivity contribution in [2.24, 2.45) is 0 Å². The van der Waals surface area contributed by atoms with Gasteiger partial charge in [0.25, 0.3) is 5.79 Å². The molecular formula is C10H22O5Si. The Labute approximate surface area is 98.6 Å². The smallest absolute Gasteiger partial charge is 0.367 e. The average Bonchev–Trinajstić information content (AvgIpc) is 2.16. The van der Waals surface area contributed by atoms with Crippen LogP contribution in [0.4, 0.5) is 0 Å². The van der Waals surface area contributed by atoms with Gasteiger partial charge in [0, 0.05) is 23.7 Å². The summed E-state index contributed by atoms with van der Waals surface area (Å²) in [7, 11) is 1.84.